The number of hydrogen-bond donors (Lipinski definition) is 2. The predicted octanol–water partition coefficient (Wildman–Crippen LogP) is 4.27. The van der Waals surface area contributed by atoms with Gasteiger partial charge in [0.15, 0.2) is 0 Å². The highest BCUT2D eigenvalue weighted by atomic mass is 35.5. The SMILES string of the molecule is CC1CNCCC1NC(=O)c1csc(-c2ccc(Cl)c(Cl)c2)n1.Cl. The Balaban J connectivity index is 0.00000208. The molecule has 130 valence electrons. The standard InChI is InChI=1S/C16H17Cl2N3OS.ClH/c1-9-7-19-5-4-13(9)20-15(22)14-8-23-16(21-14)10-2-3-11(17)12(18)6-10;/h2-3,6,8-9,13,19H,4-5,7H2,1H3,(H,20,22);1H. The molecule has 1 aromatic carbocycles. The van der Waals surface area contributed by atoms with Crippen molar-refractivity contribution in [2.24, 2.45) is 5.92 Å². The third-order valence-corrected chi connectivity index (χ3v) is 5.64. The maximum atomic E-state index is 12.4. The number of nitrogens with zero attached hydrogens (tertiary/aromatic N) is 1. The largest absolute Gasteiger partial charge is 0.348 e. The summed E-state index contributed by atoms with van der Waals surface area (Å²) in [6.07, 6.45) is 0.941. The first-order chi connectivity index (χ1) is 11.0. The van der Waals surface area contributed by atoms with Crippen LogP contribution < -0.4 is 10.6 Å². The van der Waals surface area contributed by atoms with Gasteiger partial charge in [-0.15, -0.1) is 23.7 Å². The van der Waals surface area contributed by atoms with Gasteiger partial charge in [-0.05, 0) is 37.6 Å². The van der Waals surface area contributed by atoms with Crippen molar-refractivity contribution < 1.29 is 4.79 Å². The number of carbonyl (C=O) groups excluding carboxylic acids is 1. The van der Waals surface area contributed by atoms with Crippen LogP contribution in [0, 0.1) is 5.92 Å². The minimum atomic E-state index is -0.119. The number of rotatable bonds is 3. The molecule has 8 heteroatoms. The highest BCUT2D eigenvalue weighted by Gasteiger charge is 2.24. The molecule has 1 aliphatic heterocycles. The lowest BCUT2D eigenvalue weighted by molar-refractivity contribution is 0.0910. The summed E-state index contributed by atoms with van der Waals surface area (Å²) in [5.41, 5.74) is 1.31. The van der Waals surface area contributed by atoms with Crippen molar-refractivity contribution in [1.82, 2.24) is 15.6 Å². The minimum absolute atomic E-state index is 0. The summed E-state index contributed by atoms with van der Waals surface area (Å²) < 4.78 is 0. The number of aromatic nitrogens is 1. The van der Waals surface area contributed by atoms with Crippen LogP contribution in [0.3, 0.4) is 0 Å². The number of carbonyl (C=O) groups is 1. The maximum absolute atomic E-state index is 12.4. The molecule has 0 spiro atoms. The van der Waals surface area contributed by atoms with E-state index in [1.165, 1.54) is 11.3 Å². The zero-order chi connectivity index (χ0) is 16.4. The van der Waals surface area contributed by atoms with Gasteiger partial charge in [-0.25, -0.2) is 4.98 Å². The molecular weight excluding hydrogens is 389 g/mol. The number of thiazole rings is 1. The molecule has 0 aliphatic carbocycles. The van der Waals surface area contributed by atoms with E-state index in [9.17, 15) is 4.79 Å². The molecule has 1 amide bonds. The number of amides is 1. The van der Waals surface area contributed by atoms with Crippen LogP contribution in [0.15, 0.2) is 23.6 Å². The van der Waals surface area contributed by atoms with Crippen molar-refractivity contribution in [3.8, 4) is 10.6 Å². The number of benzene rings is 1. The molecule has 2 unspecified atom stereocenters. The van der Waals surface area contributed by atoms with Crippen LogP contribution in [-0.2, 0) is 0 Å². The van der Waals surface area contributed by atoms with Gasteiger partial charge >= 0.3 is 0 Å². The Kier molecular flexibility index (Phi) is 6.89. The fourth-order valence-electron chi connectivity index (χ4n) is 2.61. The van der Waals surface area contributed by atoms with Crippen molar-refractivity contribution in [1.29, 1.82) is 0 Å². The highest BCUT2D eigenvalue weighted by molar-refractivity contribution is 7.13. The predicted molar refractivity (Wildman–Crippen MR) is 103 cm³/mol. The Morgan fingerprint density at radius 2 is 2.17 bits per heavy atom. The van der Waals surface area contributed by atoms with Crippen LogP contribution in [-0.4, -0.2) is 30.0 Å². The normalized spacial score (nSPS) is 20.3. The molecule has 1 saturated heterocycles. The van der Waals surface area contributed by atoms with Crippen molar-refractivity contribution >= 4 is 52.9 Å². The molecule has 0 saturated carbocycles. The lowest BCUT2D eigenvalue weighted by atomic mass is 9.95. The van der Waals surface area contributed by atoms with Gasteiger partial charge in [0.2, 0.25) is 0 Å². The molecule has 1 aliphatic rings. The fraction of sp³-hybridized carbons (Fsp3) is 0.375. The summed E-state index contributed by atoms with van der Waals surface area (Å²) in [5, 5.41) is 9.93. The van der Waals surface area contributed by atoms with Crippen LogP contribution in [0.2, 0.25) is 10.0 Å². The van der Waals surface area contributed by atoms with Crippen molar-refractivity contribution in [2.45, 2.75) is 19.4 Å². The number of nitrogens with one attached hydrogen (secondary N) is 2. The Hall–Kier alpha value is -0.850. The molecule has 2 heterocycles. The van der Waals surface area contributed by atoms with E-state index in [1.807, 2.05) is 6.07 Å². The van der Waals surface area contributed by atoms with Gasteiger partial charge in [-0.1, -0.05) is 36.2 Å². The zero-order valence-electron chi connectivity index (χ0n) is 13.0. The number of hydrogen-bond acceptors (Lipinski definition) is 4. The summed E-state index contributed by atoms with van der Waals surface area (Å²) in [6, 6.07) is 5.54. The molecule has 4 nitrogen and oxygen atoms in total. The molecule has 2 atom stereocenters. The van der Waals surface area contributed by atoms with Crippen LogP contribution >= 0.6 is 46.9 Å². The lowest BCUT2D eigenvalue weighted by Crippen LogP contribution is -2.48. The average Bonchev–Trinajstić information content (AvgIpc) is 3.02. The van der Waals surface area contributed by atoms with E-state index < -0.39 is 0 Å². The van der Waals surface area contributed by atoms with E-state index in [4.69, 9.17) is 23.2 Å². The quantitative estimate of drug-likeness (QED) is 0.800. The van der Waals surface area contributed by atoms with E-state index in [0.29, 0.717) is 21.7 Å². The Morgan fingerprint density at radius 1 is 1.38 bits per heavy atom. The molecule has 2 N–H and O–H groups in total. The molecule has 0 radical (unpaired) electrons. The van der Waals surface area contributed by atoms with Crippen LogP contribution in [0.1, 0.15) is 23.8 Å². The summed E-state index contributed by atoms with van der Waals surface area (Å²) in [6.45, 7) is 4.00. The van der Waals surface area contributed by atoms with Gasteiger partial charge in [-0.3, -0.25) is 4.79 Å². The molecule has 24 heavy (non-hydrogen) atoms. The lowest BCUT2D eigenvalue weighted by Gasteiger charge is -2.29. The van der Waals surface area contributed by atoms with Gasteiger partial charge in [0, 0.05) is 17.0 Å². The van der Waals surface area contributed by atoms with Gasteiger partial charge in [0.05, 0.1) is 10.0 Å². The number of halogens is 3. The topological polar surface area (TPSA) is 54.0 Å². The molecule has 1 aromatic heterocycles. The molecule has 0 bridgehead atoms. The summed E-state index contributed by atoms with van der Waals surface area (Å²) in [7, 11) is 0. The molecule has 1 fully saturated rings. The first-order valence-electron chi connectivity index (χ1n) is 7.47. The third kappa shape index (κ3) is 4.41. The Labute approximate surface area is 161 Å². The second-order valence-electron chi connectivity index (χ2n) is 5.72. The Bertz CT molecular complexity index is 722. The second-order valence-corrected chi connectivity index (χ2v) is 7.39. The fourth-order valence-corrected chi connectivity index (χ4v) is 3.71. The maximum Gasteiger partial charge on any atom is 0.271 e. The monoisotopic (exact) mass is 405 g/mol. The first-order valence-corrected chi connectivity index (χ1v) is 9.10. The minimum Gasteiger partial charge on any atom is -0.348 e. The molecular formula is C16H18Cl3N3OS. The first kappa shape index (κ1) is 19.5. The van der Waals surface area contributed by atoms with Crippen molar-refractivity contribution in [2.75, 3.05) is 13.1 Å². The van der Waals surface area contributed by atoms with Crippen LogP contribution in [0.5, 0.6) is 0 Å². The zero-order valence-corrected chi connectivity index (χ0v) is 16.2. The van der Waals surface area contributed by atoms with Crippen LogP contribution in [0.4, 0.5) is 0 Å². The van der Waals surface area contributed by atoms with Gasteiger partial charge in [0.25, 0.3) is 5.91 Å². The van der Waals surface area contributed by atoms with E-state index in [2.05, 4.69) is 22.5 Å². The van der Waals surface area contributed by atoms with E-state index in [-0.39, 0.29) is 24.4 Å². The summed E-state index contributed by atoms with van der Waals surface area (Å²) >= 11 is 13.4. The third-order valence-electron chi connectivity index (χ3n) is 4.01. The van der Waals surface area contributed by atoms with Crippen LogP contribution in [0.25, 0.3) is 10.6 Å². The van der Waals surface area contributed by atoms with E-state index in [0.717, 1.165) is 30.1 Å². The Morgan fingerprint density at radius 3 is 2.88 bits per heavy atom. The second kappa shape index (κ2) is 8.50. The smallest absolute Gasteiger partial charge is 0.271 e. The highest BCUT2D eigenvalue weighted by Crippen LogP contribution is 2.30. The van der Waals surface area contributed by atoms with E-state index in [1.54, 1.807) is 17.5 Å². The van der Waals surface area contributed by atoms with Gasteiger partial charge in [-0.2, -0.15) is 0 Å². The summed E-state index contributed by atoms with van der Waals surface area (Å²) in [5.74, 6) is 0.298. The molecule has 2 aromatic rings. The molecule has 3 rings (SSSR count). The van der Waals surface area contributed by atoms with Crippen molar-refractivity contribution in [3.05, 3.63) is 39.3 Å². The van der Waals surface area contributed by atoms with Crippen molar-refractivity contribution in [3.63, 3.8) is 0 Å². The average molecular weight is 407 g/mol. The number of piperidine rings is 1. The summed E-state index contributed by atoms with van der Waals surface area (Å²) in [4.78, 5) is 16.8. The van der Waals surface area contributed by atoms with E-state index >= 15 is 0 Å². The van der Waals surface area contributed by atoms with Gasteiger partial charge in [0.1, 0.15) is 10.7 Å². The van der Waals surface area contributed by atoms with Gasteiger partial charge < -0.3 is 10.6 Å².